The van der Waals surface area contributed by atoms with Gasteiger partial charge in [-0.1, -0.05) is 41.6 Å². The molecule has 124 valence electrons. The summed E-state index contributed by atoms with van der Waals surface area (Å²) in [5.41, 5.74) is 3.33. The predicted molar refractivity (Wildman–Crippen MR) is 97.1 cm³/mol. The Labute approximate surface area is 149 Å². The minimum Gasteiger partial charge on any atom is -0.325 e. The predicted octanol–water partition coefficient (Wildman–Crippen LogP) is 3.38. The van der Waals surface area contributed by atoms with Crippen molar-refractivity contribution in [2.45, 2.75) is 12.1 Å². The van der Waals surface area contributed by atoms with Gasteiger partial charge in [0.15, 0.2) is 5.82 Å². The Morgan fingerprint density at radius 1 is 1.20 bits per heavy atom. The van der Waals surface area contributed by atoms with E-state index in [9.17, 15) is 4.79 Å². The van der Waals surface area contributed by atoms with Gasteiger partial charge < -0.3 is 5.32 Å². The third-order valence-corrected chi connectivity index (χ3v) is 4.27. The Bertz CT molecular complexity index is 910. The normalized spacial score (nSPS) is 10.2. The molecule has 2 aromatic carbocycles. The maximum atomic E-state index is 12.0. The molecular formula is C18H15N5OS. The lowest BCUT2D eigenvalue weighted by molar-refractivity contribution is -0.113. The van der Waals surface area contributed by atoms with Crippen LogP contribution >= 0.6 is 11.8 Å². The van der Waals surface area contributed by atoms with Crippen molar-refractivity contribution in [1.29, 1.82) is 5.26 Å². The molecule has 1 aromatic heterocycles. The fourth-order valence-electron chi connectivity index (χ4n) is 2.11. The van der Waals surface area contributed by atoms with Crippen LogP contribution in [0, 0.1) is 18.3 Å². The summed E-state index contributed by atoms with van der Waals surface area (Å²) < 4.78 is 0. The van der Waals surface area contributed by atoms with Crippen LogP contribution in [0.4, 0.5) is 5.69 Å². The van der Waals surface area contributed by atoms with Crippen LogP contribution in [0.15, 0.2) is 53.7 Å². The van der Waals surface area contributed by atoms with Crippen molar-refractivity contribution < 1.29 is 4.79 Å². The summed E-state index contributed by atoms with van der Waals surface area (Å²) in [4.78, 5) is 16.4. The minimum absolute atomic E-state index is 0.156. The van der Waals surface area contributed by atoms with Gasteiger partial charge in [-0.15, -0.1) is 5.10 Å². The standard InChI is InChI=1S/C18H15N5OS/c1-12-2-6-14(7-3-12)17-21-18(23-22-17)25-11-16(24)20-15-8-4-13(10-19)5-9-15/h2-9H,11H2,1H3,(H,20,24)(H,21,22,23). The molecule has 3 rings (SSSR count). The number of nitriles is 1. The van der Waals surface area contributed by atoms with Crippen molar-refractivity contribution in [1.82, 2.24) is 15.2 Å². The van der Waals surface area contributed by atoms with Crippen LogP contribution in [0.3, 0.4) is 0 Å². The third-order valence-electron chi connectivity index (χ3n) is 3.42. The molecule has 0 radical (unpaired) electrons. The number of hydrogen-bond acceptors (Lipinski definition) is 5. The molecule has 0 atom stereocenters. The summed E-state index contributed by atoms with van der Waals surface area (Å²) in [6, 6.07) is 16.7. The van der Waals surface area contributed by atoms with E-state index >= 15 is 0 Å². The number of carbonyl (C=O) groups is 1. The zero-order valence-electron chi connectivity index (χ0n) is 13.5. The highest BCUT2D eigenvalue weighted by molar-refractivity contribution is 7.99. The Kier molecular flexibility index (Phi) is 5.11. The van der Waals surface area contributed by atoms with Crippen LogP contribution in [-0.2, 0) is 4.79 Å². The first-order valence-electron chi connectivity index (χ1n) is 7.56. The summed E-state index contributed by atoms with van der Waals surface area (Å²) in [5, 5.41) is 19.1. The molecule has 2 N–H and O–H groups in total. The molecule has 0 saturated heterocycles. The van der Waals surface area contributed by atoms with Gasteiger partial charge in [-0.05, 0) is 31.2 Å². The number of carbonyl (C=O) groups excluding carboxylic acids is 1. The highest BCUT2D eigenvalue weighted by Crippen LogP contribution is 2.20. The van der Waals surface area contributed by atoms with Crippen molar-refractivity contribution in [3.63, 3.8) is 0 Å². The molecule has 0 unspecified atom stereocenters. The topological polar surface area (TPSA) is 94.5 Å². The van der Waals surface area contributed by atoms with E-state index in [1.807, 2.05) is 37.3 Å². The number of thioether (sulfide) groups is 1. The van der Waals surface area contributed by atoms with Gasteiger partial charge in [-0.25, -0.2) is 4.98 Å². The van der Waals surface area contributed by atoms with E-state index in [0.29, 0.717) is 22.2 Å². The van der Waals surface area contributed by atoms with Gasteiger partial charge >= 0.3 is 0 Å². The number of nitrogens with zero attached hydrogens (tertiary/aromatic N) is 3. The Hall–Kier alpha value is -3.11. The van der Waals surface area contributed by atoms with Crippen LogP contribution < -0.4 is 5.32 Å². The smallest absolute Gasteiger partial charge is 0.234 e. The highest BCUT2D eigenvalue weighted by Gasteiger charge is 2.09. The molecule has 0 fully saturated rings. The van der Waals surface area contributed by atoms with E-state index in [2.05, 4.69) is 20.5 Å². The van der Waals surface area contributed by atoms with Crippen LogP contribution in [0.2, 0.25) is 0 Å². The minimum atomic E-state index is -0.156. The molecule has 3 aromatic rings. The molecular weight excluding hydrogens is 334 g/mol. The fraction of sp³-hybridized carbons (Fsp3) is 0.111. The molecule has 0 saturated carbocycles. The second-order valence-corrected chi connectivity index (χ2v) is 6.30. The lowest BCUT2D eigenvalue weighted by Crippen LogP contribution is -2.14. The number of anilines is 1. The second kappa shape index (κ2) is 7.64. The van der Waals surface area contributed by atoms with Gasteiger partial charge in [0, 0.05) is 11.3 Å². The van der Waals surface area contributed by atoms with Crippen LogP contribution in [0.5, 0.6) is 0 Å². The third kappa shape index (κ3) is 4.46. The first-order chi connectivity index (χ1) is 12.1. The van der Waals surface area contributed by atoms with Crippen LogP contribution in [0.25, 0.3) is 11.4 Å². The van der Waals surface area contributed by atoms with Crippen molar-refractivity contribution in [2.75, 3.05) is 11.1 Å². The van der Waals surface area contributed by atoms with Crippen molar-refractivity contribution in [2.24, 2.45) is 0 Å². The van der Waals surface area contributed by atoms with Gasteiger partial charge in [-0.3, -0.25) is 9.89 Å². The number of hydrogen-bond donors (Lipinski definition) is 2. The number of H-pyrrole nitrogens is 1. The monoisotopic (exact) mass is 349 g/mol. The molecule has 1 heterocycles. The van der Waals surface area contributed by atoms with Crippen LogP contribution in [-0.4, -0.2) is 26.8 Å². The molecule has 1 amide bonds. The molecule has 25 heavy (non-hydrogen) atoms. The van der Waals surface area contributed by atoms with E-state index in [1.54, 1.807) is 24.3 Å². The summed E-state index contributed by atoms with van der Waals surface area (Å²) in [6.07, 6.45) is 0. The average Bonchev–Trinajstić information content (AvgIpc) is 3.10. The second-order valence-electron chi connectivity index (χ2n) is 5.36. The number of amides is 1. The van der Waals surface area contributed by atoms with E-state index in [4.69, 9.17) is 5.26 Å². The number of rotatable bonds is 5. The number of nitrogens with one attached hydrogen (secondary N) is 2. The van der Waals surface area contributed by atoms with Gasteiger partial charge in [0.1, 0.15) is 0 Å². The van der Waals surface area contributed by atoms with E-state index in [1.165, 1.54) is 17.3 Å². The van der Waals surface area contributed by atoms with Crippen molar-refractivity contribution in [3.8, 4) is 17.5 Å². The number of aromatic nitrogens is 3. The molecule has 0 aliphatic carbocycles. The largest absolute Gasteiger partial charge is 0.325 e. The van der Waals surface area contributed by atoms with Gasteiger partial charge in [-0.2, -0.15) is 5.26 Å². The number of benzene rings is 2. The number of aryl methyl sites for hydroxylation is 1. The summed E-state index contributed by atoms with van der Waals surface area (Å²) in [5.74, 6) is 0.719. The van der Waals surface area contributed by atoms with E-state index < -0.39 is 0 Å². The molecule has 6 nitrogen and oxygen atoms in total. The number of aromatic amines is 1. The molecule has 0 aliphatic heterocycles. The van der Waals surface area contributed by atoms with Gasteiger partial charge in [0.05, 0.1) is 17.4 Å². The maximum absolute atomic E-state index is 12.0. The molecule has 0 aliphatic rings. The summed E-state index contributed by atoms with van der Waals surface area (Å²) >= 11 is 1.26. The van der Waals surface area contributed by atoms with Crippen LogP contribution in [0.1, 0.15) is 11.1 Å². The Balaban J connectivity index is 1.55. The zero-order valence-corrected chi connectivity index (χ0v) is 14.3. The first kappa shape index (κ1) is 16.7. The van der Waals surface area contributed by atoms with Gasteiger partial charge in [0.25, 0.3) is 0 Å². The molecule has 7 heteroatoms. The SMILES string of the molecule is Cc1ccc(-c2nc(SCC(=O)Nc3ccc(C#N)cc3)n[nH]2)cc1. The zero-order chi connectivity index (χ0) is 17.6. The van der Waals surface area contributed by atoms with E-state index in [0.717, 1.165) is 5.56 Å². The van der Waals surface area contributed by atoms with Gasteiger partial charge in [0.2, 0.25) is 11.1 Å². The molecule has 0 bridgehead atoms. The Morgan fingerprint density at radius 3 is 2.60 bits per heavy atom. The highest BCUT2D eigenvalue weighted by atomic mass is 32.2. The Morgan fingerprint density at radius 2 is 1.92 bits per heavy atom. The molecule has 0 spiro atoms. The summed E-state index contributed by atoms with van der Waals surface area (Å²) in [6.45, 7) is 2.03. The quantitative estimate of drug-likeness (QED) is 0.689. The lowest BCUT2D eigenvalue weighted by atomic mass is 10.1. The van der Waals surface area contributed by atoms with E-state index in [-0.39, 0.29) is 11.7 Å². The maximum Gasteiger partial charge on any atom is 0.234 e. The summed E-state index contributed by atoms with van der Waals surface area (Å²) in [7, 11) is 0. The first-order valence-corrected chi connectivity index (χ1v) is 8.55. The average molecular weight is 349 g/mol. The lowest BCUT2D eigenvalue weighted by Gasteiger charge is -2.03. The van der Waals surface area contributed by atoms with Crippen molar-refractivity contribution in [3.05, 3.63) is 59.7 Å². The fourth-order valence-corrected chi connectivity index (χ4v) is 2.71. The van der Waals surface area contributed by atoms with Crippen molar-refractivity contribution >= 4 is 23.4 Å².